The fourth-order valence-corrected chi connectivity index (χ4v) is 4.87. The number of carbonyl (C=O) groups is 1. The Labute approximate surface area is 145 Å². The van der Waals surface area contributed by atoms with Crippen LogP contribution in [0, 0.1) is 5.92 Å². The Bertz CT molecular complexity index is 686. The molecular weight excluding hydrogens is 326 g/mol. The van der Waals surface area contributed by atoms with Crippen molar-refractivity contribution in [2.24, 2.45) is 5.92 Å². The molecule has 0 spiro atoms. The molecule has 1 saturated carbocycles. The summed E-state index contributed by atoms with van der Waals surface area (Å²) in [6.45, 7) is 4.38. The van der Waals surface area contributed by atoms with Crippen molar-refractivity contribution in [3.05, 3.63) is 17.3 Å². The van der Waals surface area contributed by atoms with Crippen molar-refractivity contribution in [2.45, 2.75) is 57.0 Å². The van der Waals surface area contributed by atoms with Crippen LogP contribution in [0.5, 0.6) is 0 Å². The third-order valence-electron chi connectivity index (χ3n) is 4.49. The van der Waals surface area contributed by atoms with Crippen LogP contribution in [0.3, 0.4) is 0 Å². The Hall–Kier alpha value is -1.14. The van der Waals surface area contributed by atoms with Crippen LogP contribution in [-0.4, -0.2) is 27.7 Å². The predicted octanol–water partition coefficient (Wildman–Crippen LogP) is 4.04. The van der Waals surface area contributed by atoms with Gasteiger partial charge < -0.3 is 5.32 Å². The van der Waals surface area contributed by atoms with E-state index in [1.165, 1.54) is 35.9 Å². The average molecular weight is 350 g/mol. The monoisotopic (exact) mass is 349 g/mol. The summed E-state index contributed by atoms with van der Waals surface area (Å²) < 4.78 is 0. The fourth-order valence-electron chi connectivity index (χ4n) is 3.09. The Morgan fingerprint density at radius 3 is 3.00 bits per heavy atom. The lowest BCUT2D eigenvalue weighted by atomic mass is 9.86. The SMILES string of the molecule is CCc1cc2c(SCC(=O)N[C@@H]3CCCC[C@@H]3C)ncnc2s1. The molecule has 1 fully saturated rings. The second-order valence-electron chi connectivity index (χ2n) is 6.19. The van der Waals surface area contributed by atoms with Crippen molar-refractivity contribution >= 4 is 39.2 Å². The number of amides is 1. The Balaban J connectivity index is 1.61. The van der Waals surface area contributed by atoms with Crippen LogP contribution >= 0.6 is 23.1 Å². The number of fused-ring (bicyclic) bond motifs is 1. The van der Waals surface area contributed by atoms with Crippen molar-refractivity contribution in [2.75, 3.05) is 5.75 Å². The van der Waals surface area contributed by atoms with Gasteiger partial charge >= 0.3 is 0 Å². The zero-order chi connectivity index (χ0) is 16.2. The molecule has 0 unspecified atom stereocenters. The maximum Gasteiger partial charge on any atom is 0.230 e. The maximum atomic E-state index is 12.3. The van der Waals surface area contributed by atoms with Gasteiger partial charge in [-0.1, -0.05) is 38.5 Å². The normalized spacial score (nSPS) is 21.5. The van der Waals surface area contributed by atoms with E-state index in [4.69, 9.17) is 0 Å². The first kappa shape index (κ1) is 16.7. The van der Waals surface area contributed by atoms with E-state index in [0.717, 1.165) is 28.1 Å². The second kappa shape index (κ2) is 7.62. The average Bonchev–Trinajstić information content (AvgIpc) is 2.99. The van der Waals surface area contributed by atoms with Crippen LogP contribution in [-0.2, 0) is 11.2 Å². The van der Waals surface area contributed by atoms with E-state index >= 15 is 0 Å². The van der Waals surface area contributed by atoms with Crippen LogP contribution in [0.4, 0.5) is 0 Å². The first-order valence-electron chi connectivity index (χ1n) is 8.33. The van der Waals surface area contributed by atoms with Crippen LogP contribution in [0.25, 0.3) is 10.2 Å². The molecule has 0 radical (unpaired) electrons. The molecule has 124 valence electrons. The number of hydrogen-bond acceptors (Lipinski definition) is 5. The first-order chi connectivity index (χ1) is 11.2. The number of aryl methyl sites for hydroxylation is 1. The number of thioether (sulfide) groups is 1. The molecule has 0 aliphatic heterocycles. The van der Waals surface area contributed by atoms with Gasteiger partial charge in [0.25, 0.3) is 0 Å². The van der Waals surface area contributed by atoms with E-state index < -0.39 is 0 Å². The summed E-state index contributed by atoms with van der Waals surface area (Å²) in [6.07, 6.45) is 7.45. The zero-order valence-corrected chi connectivity index (χ0v) is 15.3. The number of nitrogens with zero attached hydrogens (tertiary/aromatic N) is 2. The third kappa shape index (κ3) is 4.04. The van der Waals surface area contributed by atoms with Gasteiger partial charge in [-0.3, -0.25) is 4.79 Å². The highest BCUT2D eigenvalue weighted by Crippen LogP contribution is 2.31. The summed E-state index contributed by atoms with van der Waals surface area (Å²) in [7, 11) is 0. The van der Waals surface area contributed by atoms with Crippen LogP contribution < -0.4 is 5.32 Å². The fraction of sp³-hybridized carbons (Fsp3) is 0.588. The molecule has 1 aliphatic carbocycles. The molecule has 4 nitrogen and oxygen atoms in total. The van der Waals surface area contributed by atoms with E-state index in [2.05, 4.69) is 35.2 Å². The number of rotatable bonds is 5. The minimum absolute atomic E-state index is 0.117. The summed E-state index contributed by atoms with van der Waals surface area (Å²) >= 11 is 3.22. The minimum atomic E-state index is 0.117. The topological polar surface area (TPSA) is 54.9 Å². The van der Waals surface area contributed by atoms with Gasteiger partial charge in [-0.25, -0.2) is 9.97 Å². The summed E-state index contributed by atoms with van der Waals surface area (Å²) in [5.74, 6) is 1.13. The minimum Gasteiger partial charge on any atom is -0.352 e. The third-order valence-corrected chi connectivity index (χ3v) is 6.68. The highest BCUT2D eigenvalue weighted by Gasteiger charge is 2.22. The largest absolute Gasteiger partial charge is 0.352 e. The van der Waals surface area contributed by atoms with Crippen LogP contribution in [0.1, 0.15) is 44.4 Å². The highest BCUT2D eigenvalue weighted by atomic mass is 32.2. The number of carbonyl (C=O) groups excluding carboxylic acids is 1. The van der Waals surface area contributed by atoms with Gasteiger partial charge in [-0.2, -0.15) is 0 Å². The van der Waals surface area contributed by atoms with Crippen LogP contribution in [0.15, 0.2) is 17.4 Å². The standard InChI is InChI=1S/C17H23N3OS2/c1-3-12-8-13-16(18-10-19-17(13)23-12)22-9-15(21)20-14-7-5-4-6-11(14)2/h8,10-11,14H,3-7,9H2,1-2H3,(H,20,21)/t11-,14+/m0/s1. The molecule has 1 amide bonds. The van der Waals surface area contributed by atoms with Crippen molar-refractivity contribution in [3.63, 3.8) is 0 Å². The molecule has 0 aromatic carbocycles. The second-order valence-corrected chi connectivity index (χ2v) is 8.27. The Morgan fingerprint density at radius 1 is 1.39 bits per heavy atom. The first-order valence-corrected chi connectivity index (χ1v) is 10.1. The van der Waals surface area contributed by atoms with E-state index in [-0.39, 0.29) is 5.91 Å². The molecule has 2 aromatic rings. The molecule has 2 heterocycles. The summed E-state index contributed by atoms with van der Waals surface area (Å²) in [6, 6.07) is 2.50. The Morgan fingerprint density at radius 2 is 2.22 bits per heavy atom. The molecule has 23 heavy (non-hydrogen) atoms. The van der Waals surface area contributed by atoms with Crippen molar-refractivity contribution in [3.8, 4) is 0 Å². The van der Waals surface area contributed by atoms with Gasteiger partial charge in [-0.05, 0) is 31.2 Å². The quantitative estimate of drug-likeness (QED) is 0.654. The van der Waals surface area contributed by atoms with E-state index in [1.54, 1.807) is 17.7 Å². The molecule has 1 aliphatic rings. The molecule has 2 aromatic heterocycles. The lowest BCUT2D eigenvalue weighted by Crippen LogP contribution is -2.41. The summed E-state index contributed by atoms with van der Waals surface area (Å²) in [5, 5.41) is 5.20. The van der Waals surface area contributed by atoms with Gasteiger partial charge in [0.05, 0.1) is 5.75 Å². The Kier molecular flexibility index (Phi) is 5.54. The summed E-state index contributed by atoms with van der Waals surface area (Å²) in [4.78, 5) is 23.3. The van der Waals surface area contributed by atoms with Crippen molar-refractivity contribution < 1.29 is 4.79 Å². The van der Waals surface area contributed by atoms with Gasteiger partial charge in [-0.15, -0.1) is 11.3 Å². The lowest BCUT2D eigenvalue weighted by molar-refractivity contribution is -0.119. The number of nitrogens with one attached hydrogen (secondary N) is 1. The van der Waals surface area contributed by atoms with E-state index in [0.29, 0.717) is 17.7 Å². The molecule has 3 rings (SSSR count). The van der Waals surface area contributed by atoms with Gasteiger partial charge in [0.1, 0.15) is 16.2 Å². The zero-order valence-electron chi connectivity index (χ0n) is 13.7. The van der Waals surface area contributed by atoms with Crippen LogP contribution in [0.2, 0.25) is 0 Å². The number of hydrogen-bond donors (Lipinski definition) is 1. The lowest BCUT2D eigenvalue weighted by Gasteiger charge is -2.29. The summed E-state index contributed by atoms with van der Waals surface area (Å²) in [5.41, 5.74) is 0. The molecule has 1 N–H and O–H groups in total. The van der Waals surface area contributed by atoms with E-state index in [1.807, 2.05) is 0 Å². The van der Waals surface area contributed by atoms with Crippen molar-refractivity contribution in [1.29, 1.82) is 0 Å². The molecule has 0 bridgehead atoms. The molecule has 2 atom stereocenters. The van der Waals surface area contributed by atoms with Crippen molar-refractivity contribution in [1.82, 2.24) is 15.3 Å². The molecular formula is C17H23N3OS2. The van der Waals surface area contributed by atoms with Gasteiger partial charge in [0, 0.05) is 16.3 Å². The smallest absolute Gasteiger partial charge is 0.230 e. The maximum absolute atomic E-state index is 12.3. The highest BCUT2D eigenvalue weighted by molar-refractivity contribution is 8.00. The number of thiophene rings is 1. The van der Waals surface area contributed by atoms with E-state index in [9.17, 15) is 4.79 Å². The predicted molar refractivity (Wildman–Crippen MR) is 97.1 cm³/mol. The number of aromatic nitrogens is 2. The van der Waals surface area contributed by atoms with Gasteiger partial charge in [0.2, 0.25) is 5.91 Å². The molecule has 0 saturated heterocycles. The molecule has 6 heteroatoms. The van der Waals surface area contributed by atoms with Gasteiger partial charge in [0.15, 0.2) is 0 Å².